The number of hydrogen-bond acceptors (Lipinski definition) is 3. The van der Waals surface area contributed by atoms with E-state index in [9.17, 15) is 4.39 Å². The molecule has 0 unspecified atom stereocenters. The fourth-order valence-electron chi connectivity index (χ4n) is 1.53. The van der Waals surface area contributed by atoms with Gasteiger partial charge in [0.05, 0.1) is 23.5 Å². The predicted octanol–water partition coefficient (Wildman–Crippen LogP) is 2.86. The van der Waals surface area contributed by atoms with Crippen molar-refractivity contribution in [3.05, 3.63) is 54.1 Å². The Bertz CT molecular complexity index is 561. The number of nitriles is 1. The minimum atomic E-state index is -0.421. The van der Waals surface area contributed by atoms with E-state index in [0.717, 1.165) is 5.69 Å². The van der Waals surface area contributed by atoms with E-state index in [4.69, 9.17) is 5.26 Å². The molecule has 1 heterocycles. The van der Waals surface area contributed by atoms with E-state index in [1.807, 2.05) is 12.1 Å². The minimum Gasteiger partial charge on any atom is -0.343 e. The molecule has 0 bridgehead atoms. The van der Waals surface area contributed by atoms with Crippen molar-refractivity contribution in [1.82, 2.24) is 4.98 Å². The summed E-state index contributed by atoms with van der Waals surface area (Å²) in [4.78, 5) is 5.77. The molecule has 84 valence electrons. The molecule has 0 atom stereocenters. The molecular weight excluding hydrogens is 217 g/mol. The molecule has 0 aliphatic heterocycles. The number of hydrogen-bond donors (Lipinski definition) is 0. The van der Waals surface area contributed by atoms with Crippen molar-refractivity contribution < 1.29 is 4.39 Å². The number of benzene rings is 1. The fraction of sp³-hybridized carbons (Fsp3) is 0.0769. The minimum absolute atomic E-state index is 0.302. The molecule has 0 radical (unpaired) electrons. The molecule has 0 aliphatic carbocycles. The van der Waals surface area contributed by atoms with Crippen molar-refractivity contribution in [3.8, 4) is 6.07 Å². The Morgan fingerprint density at radius 1 is 1.29 bits per heavy atom. The maximum absolute atomic E-state index is 13.3. The maximum atomic E-state index is 13.3. The summed E-state index contributed by atoms with van der Waals surface area (Å²) in [6.07, 6.45) is 3.35. The first kappa shape index (κ1) is 11.1. The first-order valence-electron chi connectivity index (χ1n) is 5.05. The molecule has 2 aromatic rings. The van der Waals surface area contributed by atoms with Crippen LogP contribution in [0, 0.1) is 17.1 Å². The van der Waals surface area contributed by atoms with Crippen molar-refractivity contribution in [2.45, 2.75) is 0 Å². The molecule has 17 heavy (non-hydrogen) atoms. The highest BCUT2D eigenvalue weighted by Gasteiger charge is 2.07. The van der Waals surface area contributed by atoms with Crippen LogP contribution < -0.4 is 4.90 Å². The third-order valence-corrected chi connectivity index (χ3v) is 2.43. The number of anilines is 2. The molecule has 2 rings (SSSR count). The number of aromatic nitrogens is 1. The topological polar surface area (TPSA) is 39.9 Å². The van der Waals surface area contributed by atoms with Crippen LogP contribution in [0.25, 0.3) is 0 Å². The van der Waals surface area contributed by atoms with Gasteiger partial charge in [-0.05, 0) is 30.3 Å². The summed E-state index contributed by atoms with van der Waals surface area (Å²) in [6.45, 7) is 0. The van der Waals surface area contributed by atoms with Gasteiger partial charge in [0.15, 0.2) is 0 Å². The van der Waals surface area contributed by atoms with E-state index in [1.165, 1.54) is 12.1 Å². The molecule has 4 heteroatoms. The van der Waals surface area contributed by atoms with E-state index >= 15 is 0 Å². The standard InChI is InChI=1S/C13H10FN3/c1-17(12-3-2-4-16-9-12)13-6-10(8-15)5-11(14)7-13/h2-7,9H,1H3. The summed E-state index contributed by atoms with van der Waals surface area (Å²) in [5.74, 6) is -0.421. The third kappa shape index (κ3) is 2.40. The van der Waals surface area contributed by atoms with E-state index in [0.29, 0.717) is 11.3 Å². The summed E-state index contributed by atoms with van der Waals surface area (Å²) in [6, 6.07) is 9.83. The fourth-order valence-corrected chi connectivity index (χ4v) is 1.53. The Morgan fingerprint density at radius 2 is 2.12 bits per heavy atom. The molecular formula is C13H10FN3. The van der Waals surface area contributed by atoms with Crippen molar-refractivity contribution in [3.63, 3.8) is 0 Å². The molecule has 0 aliphatic rings. The van der Waals surface area contributed by atoms with Crippen LogP contribution in [0.3, 0.4) is 0 Å². The van der Waals surface area contributed by atoms with Crippen molar-refractivity contribution in [2.75, 3.05) is 11.9 Å². The molecule has 3 nitrogen and oxygen atoms in total. The zero-order chi connectivity index (χ0) is 12.3. The average molecular weight is 227 g/mol. The molecule has 0 N–H and O–H groups in total. The van der Waals surface area contributed by atoms with Gasteiger partial charge in [0.2, 0.25) is 0 Å². The summed E-state index contributed by atoms with van der Waals surface area (Å²) in [5.41, 5.74) is 1.76. The molecule has 0 spiro atoms. The molecule has 0 saturated carbocycles. The third-order valence-electron chi connectivity index (χ3n) is 2.43. The largest absolute Gasteiger partial charge is 0.343 e. The van der Waals surface area contributed by atoms with Crippen molar-refractivity contribution in [1.29, 1.82) is 5.26 Å². The van der Waals surface area contributed by atoms with Gasteiger partial charge in [0.25, 0.3) is 0 Å². The summed E-state index contributed by atoms with van der Waals surface area (Å²) < 4.78 is 13.3. The predicted molar refractivity (Wildman–Crippen MR) is 63.4 cm³/mol. The average Bonchev–Trinajstić information content (AvgIpc) is 2.38. The Kier molecular flexibility index (Phi) is 3.01. The van der Waals surface area contributed by atoms with Crippen LogP contribution in [0.1, 0.15) is 5.56 Å². The summed E-state index contributed by atoms with van der Waals surface area (Å²) in [7, 11) is 1.80. The van der Waals surface area contributed by atoms with Gasteiger partial charge in [-0.3, -0.25) is 4.98 Å². The second kappa shape index (κ2) is 4.62. The van der Waals surface area contributed by atoms with Gasteiger partial charge in [0, 0.05) is 18.9 Å². The smallest absolute Gasteiger partial charge is 0.126 e. The van der Waals surface area contributed by atoms with E-state index in [-0.39, 0.29) is 0 Å². The SMILES string of the molecule is CN(c1cccnc1)c1cc(F)cc(C#N)c1. The second-order valence-corrected chi connectivity index (χ2v) is 3.58. The Labute approximate surface area is 98.8 Å². The normalized spacial score (nSPS) is 9.71. The molecule has 0 saturated heterocycles. The van der Waals surface area contributed by atoms with Crippen LogP contribution in [-0.2, 0) is 0 Å². The van der Waals surface area contributed by atoms with Crippen molar-refractivity contribution in [2.24, 2.45) is 0 Å². The zero-order valence-corrected chi connectivity index (χ0v) is 9.26. The summed E-state index contributed by atoms with van der Waals surface area (Å²) in [5, 5.41) is 8.79. The number of halogens is 1. The van der Waals surface area contributed by atoms with E-state index in [2.05, 4.69) is 4.98 Å². The Hall–Kier alpha value is -2.41. The number of nitrogens with zero attached hydrogens (tertiary/aromatic N) is 3. The van der Waals surface area contributed by atoms with Gasteiger partial charge in [-0.2, -0.15) is 5.26 Å². The number of pyridine rings is 1. The molecule has 1 aromatic carbocycles. The Morgan fingerprint density at radius 3 is 2.76 bits per heavy atom. The van der Waals surface area contributed by atoms with E-state index in [1.54, 1.807) is 36.5 Å². The summed E-state index contributed by atoms with van der Waals surface area (Å²) >= 11 is 0. The van der Waals surface area contributed by atoms with Crippen LogP contribution in [0.4, 0.5) is 15.8 Å². The number of rotatable bonds is 2. The first-order valence-corrected chi connectivity index (χ1v) is 5.05. The lowest BCUT2D eigenvalue weighted by Gasteiger charge is -2.19. The van der Waals surface area contributed by atoms with Gasteiger partial charge in [-0.15, -0.1) is 0 Å². The van der Waals surface area contributed by atoms with Crippen LogP contribution in [0.2, 0.25) is 0 Å². The van der Waals surface area contributed by atoms with Crippen molar-refractivity contribution >= 4 is 11.4 Å². The van der Waals surface area contributed by atoms with E-state index < -0.39 is 5.82 Å². The van der Waals surface area contributed by atoms with Crippen LogP contribution in [-0.4, -0.2) is 12.0 Å². The quantitative estimate of drug-likeness (QED) is 0.792. The highest BCUT2D eigenvalue weighted by molar-refractivity contribution is 5.63. The molecule has 0 fully saturated rings. The molecule has 0 amide bonds. The van der Waals surface area contributed by atoms with Gasteiger partial charge >= 0.3 is 0 Å². The van der Waals surface area contributed by atoms with Gasteiger partial charge < -0.3 is 4.90 Å². The van der Waals surface area contributed by atoms with Gasteiger partial charge in [-0.1, -0.05) is 0 Å². The lowest BCUT2D eigenvalue weighted by molar-refractivity contribution is 0.627. The highest BCUT2D eigenvalue weighted by Crippen LogP contribution is 2.24. The van der Waals surface area contributed by atoms with Gasteiger partial charge in [0.1, 0.15) is 5.82 Å². The second-order valence-electron chi connectivity index (χ2n) is 3.58. The monoisotopic (exact) mass is 227 g/mol. The Balaban J connectivity index is 2.41. The lowest BCUT2D eigenvalue weighted by atomic mass is 10.2. The maximum Gasteiger partial charge on any atom is 0.126 e. The van der Waals surface area contributed by atoms with Crippen LogP contribution >= 0.6 is 0 Å². The zero-order valence-electron chi connectivity index (χ0n) is 9.26. The van der Waals surface area contributed by atoms with Gasteiger partial charge in [-0.25, -0.2) is 4.39 Å². The van der Waals surface area contributed by atoms with Crippen LogP contribution in [0.15, 0.2) is 42.7 Å². The highest BCUT2D eigenvalue weighted by atomic mass is 19.1. The molecule has 1 aromatic heterocycles. The lowest BCUT2D eigenvalue weighted by Crippen LogP contribution is -2.10. The first-order chi connectivity index (χ1) is 8.20. The van der Waals surface area contributed by atoms with Crippen LogP contribution in [0.5, 0.6) is 0 Å².